The van der Waals surface area contributed by atoms with E-state index < -0.39 is 23.4 Å². The maximum absolute atomic E-state index is 13.2. The van der Waals surface area contributed by atoms with Gasteiger partial charge in [0, 0.05) is 23.1 Å². The quantitative estimate of drug-likeness (QED) is 0.207. The number of rotatable bonds is 10. The van der Waals surface area contributed by atoms with Gasteiger partial charge in [-0.15, -0.1) is 22.7 Å². The maximum atomic E-state index is 13.2. The van der Waals surface area contributed by atoms with Crippen molar-refractivity contribution in [3.63, 3.8) is 0 Å². The average Bonchev–Trinajstić information content (AvgIpc) is 3.47. The van der Waals surface area contributed by atoms with Crippen LogP contribution in [-0.2, 0) is 25.5 Å². The van der Waals surface area contributed by atoms with Crippen molar-refractivity contribution in [2.24, 2.45) is 0 Å². The third-order valence-electron chi connectivity index (χ3n) is 5.62. The fourth-order valence-electron chi connectivity index (χ4n) is 3.77. The van der Waals surface area contributed by atoms with Gasteiger partial charge in [0.1, 0.15) is 33.4 Å². The summed E-state index contributed by atoms with van der Waals surface area (Å²) in [5.41, 5.74) is 1.49. The van der Waals surface area contributed by atoms with Crippen molar-refractivity contribution >= 4 is 67.3 Å². The van der Waals surface area contributed by atoms with Crippen molar-refractivity contribution in [3.05, 3.63) is 67.4 Å². The molecule has 3 aromatic heterocycles. The lowest BCUT2D eigenvalue weighted by Gasteiger charge is -2.10. The summed E-state index contributed by atoms with van der Waals surface area (Å²) < 4.78 is 16.4. The van der Waals surface area contributed by atoms with E-state index in [9.17, 15) is 19.2 Å². The molecule has 4 aromatic rings. The van der Waals surface area contributed by atoms with Crippen molar-refractivity contribution < 1.29 is 28.6 Å². The molecule has 0 unspecified atom stereocenters. The molecular formula is C26H24ClN3O7S2. The lowest BCUT2D eigenvalue weighted by molar-refractivity contribution is -0.116. The Bertz CT molecular complexity index is 1590. The standard InChI is InChI=1S/C26H24ClN3O7S2/c1-4-36-25(33)20-17(15-5-7-16(27)8-6-15)12-38-23(20)29-18(31)11-30-13-28-22-19(24(30)32)14(2)21(39-22)26(34)37-10-9-35-3/h5-8,12-13H,4,9-11H2,1-3H3,(H,29,31). The number of aromatic nitrogens is 2. The van der Waals surface area contributed by atoms with Gasteiger partial charge in [-0.1, -0.05) is 23.7 Å². The van der Waals surface area contributed by atoms with E-state index in [0.717, 1.165) is 32.8 Å². The van der Waals surface area contributed by atoms with E-state index in [1.807, 2.05) is 0 Å². The van der Waals surface area contributed by atoms with Crippen molar-refractivity contribution in [2.45, 2.75) is 20.4 Å². The van der Waals surface area contributed by atoms with E-state index in [1.54, 1.807) is 43.5 Å². The molecule has 1 amide bonds. The van der Waals surface area contributed by atoms with Crippen LogP contribution < -0.4 is 10.9 Å². The van der Waals surface area contributed by atoms with Crippen LogP contribution in [0.25, 0.3) is 21.3 Å². The van der Waals surface area contributed by atoms with Crippen LogP contribution in [0, 0.1) is 6.92 Å². The van der Waals surface area contributed by atoms with E-state index in [2.05, 4.69) is 10.3 Å². The first-order valence-corrected chi connectivity index (χ1v) is 13.8. The van der Waals surface area contributed by atoms with Gasteiger partial charge < -0.3 is 19.5 Å². The van der Waals surface area contributed by atoms with Gasteiger partial charge in [-0.3, -0.25) is 14.2 Å². The number of anilines is 1. The van der Waals surface area contributed by atoms with Crippen LogP contribution in [0.5, 0.6) is 0 Å². The molecule has 0 bridgehead atoms. The van der Waals surface area contributed by atoms with Crippen LogP contribution in [-0.4, -0.2) is 54.3 Å². The smallest absolute Gasteiger partial charge is 0.348 e. The zero-order valence-electron chi connectivity index (χ0n) is 21.2. The largest absolute Gasteiger partial charge is 0.462 e. The Morgan fingerprint density at radius 1 is 1.10 bits per heavy atom. The number of aryl methyl sites for hydroxylation is 1. The molecule has 3 heterocycles. The van der Waals surface area contributed by atoms with E-state index >= 15 is 0 Å². The summed E-state index contributed by atoms with van der Waals surface area (Å²) in [5.74, 6) is -1.70. The molecule has 0 saturated heterocycles. The van der Waals surface area contributed by atoms with Crippen molar-refractivity contribution in [1.29, 1.82) is 0 Å². The highest BCUT2D eigenvalue weighted by Gasteiger charge is 2.24. The number of methoxy groups -OCH3 is 1. The summed E-state index contributed by atoms with van der Waals surface area (Å²) in [5, 5.41) is 5.54. The Morgan fingerprint density at radius 3 is 2.54 bits per heavy atom. The molecule has 0 spiro atoms. The van der Waals surface area contributed by atoms with Gasteiger partial charge in [0.05, 0.1) is 24.9 Å². The molecule has 1 aromatic carbocycles. The lowest BCUT2D eigenvalue weighted by atomic mass is 10.0. The van der Waals surface area contributed by atoms with Crippen LogP contribution in [0.4, 0.5) is 5.00 Å². The van der Waals surface area contributed by atoms with Crippen molar-refractivity contribution in [2.75, 3.05) is 32.2 Å². The van der Waals surface area contributed by atoms with Gasteiger partial charge in [-0.05, 0) is 37.1 Å². The van der Waals surface area contributed by atoms with E-state index in [0.29, 0.717) is 26.0 Å². The number of hydrogen-bond acceptors (Lipinski definition) is 10. The molecule has 0 fully saturated rings. The zero-order chi connectivity index (χ0) is 28.1. The third-order valence-corrected chi connectivity index (χ3v) is 7.94. The Hall–Kier alpha value is -3.58. The molecule has 1 N–H and O–H groups in total. The minimum absolute atomic E-state index is 0.0804. The molecular weight excluding hydrogens is 566 g/mol. The Morgan fingerprint density at radius 2 is 1.85 bits per heavy atom. The van der Waals surface area contributed by atoms with E-state index in [1.165, 1.54) is 13.4 Å². The number of hydrogen-bond donors (Lipinski definition) is 1. The number of nitrogens with zero attached hydrogens (tertiary/aromatic N) is 2. The summed E-state index contributed by atoms with van der Waals surface area (Å²) in [6.07, 6.45) is 1.25. The summed E-state index contributed by atoms with van der Waals surface area (Å²) in [6.45, 7) is 3.45. The molecule has 0 radical (unpaired) electrons. The molecule has 204 valence electrons. The number of fused-ring (bicyclic) bond motifs is 1. The Kier molecular flexibility index (Phi) is 9.12. The minimum atomic E-state index is -0.585. The van der Waals surface area contributed by atoms with E-state index in [-0.39, 0.29) is 42.2 Å². The summed E-state index contributed by atoms with van der Waals surface area (Å²) >= 11 is 8.21. The second-order valence-electron chi connectivity index (χ2n) is 8.17. The molecule has 0 atom stereocenters. The predicted molar refractivity (Wildman–Crippen MR) is 150 cm³/mol. The van der Waals surface area contributed by atoms with Crippen LogP contribution in [0.2, 0.25) is 5.02 Å². The van der Waals surface area contributed by atoms with Crippen LogP contribution in [0.1, 0.15) is 32.5 Å². The number of ether oxygens (including phenoxy) is 3. The highest BCUT2D eigenvalue weighted by atomic mass is 35.5. The Labute approximate surface area is 236 Å². The number of halogens is 1. The number of esters is 2. The lowest BCUT2D eigenvalue weighted by Crippen LogP contribution is -2.28. The van der Waals surface area contributed by atoms with Gasteiger partial charge in [-0.2, -0.15) is 0 Å². The minimum Gasteiger partial charge on any atom is -0.462 e. The normalized spacial score (nSPS) is 11.0. The first kappa shape index (κ1) is 28.4. The summed E-state index contributed by atoms with van der Waals surface area (Å²) in [7, 11) is 1.50. The van der Waals surface area contributed by atoms with Gasteiger partial charge in [0.2, 0.25) is 5.91 Å². The number of thiophene rings is 2. The van der Waals surface area contributed by atoms with Crippen LogP contribution >= 0.6 is 34.3 Å². The molecule has 39 heavy (non-hydrogen) atoms. The number of carbonyl (C=O) groups is 3. The monoisotopic (exact) mass is 589 g/mol. The second kappa shape index (κ2) is 12.5. The molecule has 10 nitrogen and oxygen atoms in total. The number of amides is 1. The maximum Gasteiger partial charge on any atom is 0.348 e. The summed E-state index contributed by atoms with van der Waals surface area (Å²) in [4.78, 5) is 56.3. The fourth-order valence-corrected chi connectivity index (χ4v) is 5.90. The number of benzene rings is 1. The first-order valence-electron chi connectivity index (χ1n) is 11.7. The predicted octanol–water partition coefficient (Wildman–Crippen LogP) is 4.77. The molecule has 0 aliphatic rings. The fraction of sp³-hybridized carbons (Fsp3) is 0.269. The van der Waals surface area contributed by atoms with Crippen LogP contribution in [0.3, 0.4) is 0 Å². The molecule has 0 aliphatic carbocycles. The first-order chi connectivity index (χ1) is 18.7. The molecule has 13 heteroatoms. The molecule has 0 aliphatic heterocycles. The second-order valence-corrected chi connectivity index (χ2v) is 10.5. The van der Waals surface area contributed by atoms with Gasteiger partial charge in [0.15, 0.2) is 0 Å². The van der Waals surface area contributed by atoms with Crippen LogP contribution in [0.15, 0.2) is 40.8 Å². The average molecular weight is 590 g/mol. The highest BCUT2D eigenvalue weighted by molar-refractivity contribution is 7.20. The van der Waals surface area contributed by atoms with Gasteiger partial charge in [-0.25, -0.2) is 14.6 Å². The van der Waals surface area contributed by atoms with Gasteiger partial charge >= 0.3 is 11.9 Å². The molecule has 4 rings (SSSR count). The summed E-state index contributed by atoms with van der Waals surface area (Å²) in [6, 6.07) is 6.94. The SMILES string of the molecule is CCOC(=O)c1c(-c2ccc(Cl)cc2)csc1NC(=O)Cn1cnc2sc(C(=O)OCCOC)c(C)c2c1=O. The Balaban J connectivity index is 1.59. The molecule has 0 saturated carbocycles. The van der Waals surface area contributed by atoms with Crippen molar-refractivity contribution in [3.8, 4) is 11.1 Å². The zero-order valence-corrected chi connectivity index (χ0v) is 23.6. The third kappa shape index (κ3) is 6.19. The highest BCUT2D eigenvalue weighted by Crippen LogP contribution is 2.36. The topological polar surface area (TPSA) is 126 Å². The van der Waals surface area contributed by atoms with Crippen molar-refractivity contribution in [1.82, 2.24) is 9.55 Å². The van der Waals surface area contributed by atoms with E-state index in [4.69, 9.17) is 25.8 Å². The number of carbonyl (C=O) groups excluding carboxylic acids is 3. The number of nitrogens with one attached hydrogen (secondary N) is 1. The van der Waals surface area contributed by atoms with Gasteiger partial charge in [0.25, 0.3) is 5.56 Å².